The molecule has 2 aromatic heterocycles. The van der Waals surface area contributed by atoms with Crippen molar-refractivity contribution < 1.29 is 9.13 Å². The monoisotopic (exact) mass is 416 g/mol. The molecule has 4 rings (SSSR count). The maximum absolute atomic E-state index is 13.8. The molecule has 0 spiro atoms. The van der Waals surface area contributed by atoms with Gasteiger partial charge in [0.15, 0.2) is 0 Å². The van der Waals surface area contributed by atoms with Crippen molar-refractivity contribution in [3.8, 4) is 17.0 Å². The van der Waals surface area contributed by atoms with Gasteiger partial charge in [-0.2, -0.15) is 5.10 Å². The van der Waals surface area contributed by atoms with Gasteiger partial charge in [0.05, 0.1) is 34.1 Å². The van der Waals surface area contributed by atoms with Crippen LogP contribution in [0, 0.1) is 5.82 Å². The van der Waals surface area contributed by atoms with Gasteiger partial charge in [-0.05, 0) is 31.2 Å². The Bertz CT molecular complexity index is 1180. The summed E-state index contributed by atoms with van der Waals surface area (Å²) < 4.78 is 21.5. The van der Waals surface area contributed by atoms with Crippen molar-refractivity contribution in [3.63, 3.8) is 0 Å². The Morgan fingerprint density at radius 3 is 2.68 bits per heavy atom. The minimum atomic E-state index is -0.553. The fourth-order valence-electron chi connectivity index (χ4n) is 2.94. The standard InChI is InChI=1S/C20H15Cl2FN4O/c1-11(19-14(21)4-5-15(23)20(19)22)28-13-3-6-16-17(7-13)26-18(9-24-16)12-8-25-27(2)10-12/h3-11H,1-2H3/t11-/m1/s1. The molecule has 0 aliphatic carbocycles. The van der Waals surface area contributed by atoms with Crippen molar-refractivity contribution >= 4 is 34.2 Å². The van der Waals surface area contributed by atoms with Gasteiger partial charge in [0.1, 0.15) is 17.7 Å². The first-order valence-electron chi connectivity index (χ1n) is 8.48. The van der Waals surface area contributed by atoms with E-state index in [0.717, 1.165) is 11.1 Å². The van der Waals surface area contributed by atoms with Crippen LogP contribution >= 0.6 is 23.2 Å². The number of benzene rings is 2. The molecule has 1 atom stereocenters. The zero-order valence-electron chi connectivity index (χ0n) is 15.0. The molecule has 0 saturated carbocycles. The molecule has 2 heterocycles. The summed E-state index contributed by atoms with van der Waals surface area (Å²) >= 11 is 12.3. The molecular weight excluding hydrogens is 402 g/mol. The molecule has 2 aromatic carbocycles. The second kappa shape index (κ2) is 7.37. The summed E-state index contributed by atoms with van der Waals surface area (Å²) in [6.45, 7) is 1.76. The summed E-state index contributed by atoms with van der Waals surface area (Å²) in [7, 11) is 1.84. The predicted molar refractivity (Wildman–Crippen MR) is 107 cm³/mol. The first kappa shape index (κ1) is 18.7. The van der Waals surface area contributed by atoms with Crippen molar-refractivity contribution in [2.45, 2.75) is 13.0 Å². The summed E-state index contributed by atoms with van der Waals surface area (Å²) in [5.74, 6) is 0.0102. The van der Waals surface area contributed by atoms with E-state index in [1.807, 2.05) is 19.3 Å². The van der Waals surface area contributed by atoms with Crippen LogP contribution in [0.3, 0.4) is 0 Å². The van der Waals surface area contributed by atoms with Crippen LogP contribution in [0.1, 0.15) is 18.6 Å². The van der Waals surface area contributed by atoms with Crippen molar-refractivity contribution in [1.29, 1.82) is 0 Å². The van der Waals surface area contributed by atoms with Crippen LogP contribution in [0.15, 0.2) is 48.9 Å². The molecule has 0 saturated heterocycles. The molecule has 0 bridgehead atoms. The molecule has 0 unspecified atom stereocenters. The van der Waals surface area contributed by atoms with Crippen LogP contribution in [0.25, 0.3) is 22.3 Å². The molecule has 0 N–H and O–H groups in total. The van der Waals surface area contributed by atoms with E-state index in [1.54, 1.807) is 36.1 Å². The molecule has 0 aliphatic rings. The lowest BCUT2D eigenvalue weighted by molar-refractivity contribution is 0.227. The Hall–Kier alpha value is -2.70. The smallest absolute Gasteiger partial charge is 0.142 e. The third-order valence-electron chi connectivity index (χ3n) is 4.31. The van der Waals surface area contributed by atoms with Crippen LogP contribution < -0.4 is 4.74 Å². The lowest BCUT2D eigenvalue weighted by atomic mass is 10.1. The van der Waals surface area contributed by atoms with Crippen LogP contribution in [0.2, 0.25) is 10.0 Å². The molecule has 8 heteroatoms. The van der Waals surface area contributed by atoms with Crippen LogP contribution in [-0.4, -0.2) is 19.7 Å². The number of aryl methyl sites for hydroxylation is 1. The third-order valence-corrected chi connectivity index (χ3v) is 5.03. The van der Waals surface area contributed by atoms with Crippen LogP contribution in [0.5, 0.6) is 5.75 Å². The normalized spacial score (nSPS) is 12.3. The second-order valence-electron chi connectivity index (χ2n) is 6.33. The van der Waals surface area contributed by atoms with Gasteiger partial charge in [-0.25, -0.2) is 9.37 Å². The van der Waals surface area contributed by atoms with Gasteiger partial charge in [-0.1, -0.05) is 23.2 Å². The van der Waals surface area contributed by atoms with Crippen molar-refractivity contribution in [3.05, 3.63) is 70.3 Å². The van der Waals surface area contributed by atoms with Crippen molar-refractivity contribution in [2.75, 3.05) is 0 Å². The third kappa shape index (κ3) is 3.53. The lowest BCUT2D eigenvalue weighted by Gasteiger charge is -2.18. The van der Waals surface area contributed by atoms with Crippen molar-refractivity contribution in [2.24, 2.45) is 7.05 Å². The molecule has 5 nitrogen and oxygen atoms in total. The molecule has 0 amide bonds. The number of fused-ring (bicyclic) bond motifs is 1. The van der Waals surface area contributed by atoms with Gasteiger partial charge >= 0.3 is 0 Å². The summed E-state index contributed by atoms with van der Waals surface area (Å²) in [5.41, 5.74) is 3.38. The number of nitrogens with zero attached hydrogens (tertiary/aromatic N) is 4. The Balaban J connectivity index is 1.67. The minimum Gasteiger partial charge on any atom is -0.486 e. The average Bonchev–Trinajstić information content (AvgIpc) is 3.11. The van der Waals surface area contributed by atoms with Crippen LogP contribution in [0.4, 0.5) is 4.39 Å². The van der Waals surface area contributed by atoms with E-state index in [-0.39, 0.29) is 5.02 Å². The lowest BCUT2D eigenvalue weighted by Crippen LogP contribution is -2.06. The summed E-state index contributed by atoms with van der Waals surface area (Å²) in [6, 6.07) is 8.06. The van der Waals surface area contributed by atoms with Crippen molar-refractivity contribution in [1.82, 2.24) is 19.7 Å². The van der Waals surface area contributed by atoms with E-state index >= 15 is 0 Å². The highest BCUT2D eigenvalue weighted by Gasteiger charge is 2.19. The Morgan fingerprint density at radius 2 is 1.93 bits per heavy atom. The second-order valence-corrected chi connectivity index (χ2v) is 7.11. The van der Waals surface area contributed by atoms with Gasteiger partial charge < -0.3 is 4.74 Å². The molecule has 4 aromatic rings. The Kier molecular flexibility index (Phi) is 4.91. The SMILES string of the molecule is C[C@@H](Oc1ccc2ncc(-c3cnn(C)c3)nc2c1)c1c(Cl)ccc(F)c1Cl. The van der Waals surface area contributed by atoms with E-state index in [0.29, 0.717) is 27.5 Å². The Labute approximate surface area is 170 Å². The summed E-state index contributed by atoms with van der Waals surface area (Å²) in [6.07, 6.45) is 4.75. The molecule has 0 aliphatic heterocycles. The fourth-order valence-corrected chi connectivity index (χ4v) is 3.61. The van der Waals surface area contributed by atoms with Gasteiger partial charge in [0.25, 0.3) is 0 Å². The van der Waals surface area contributed by atoms with E-state index in [2.05, 4.69) is 15.1 Å². The average molecular weight is 417 g/mol. The zero-order valence-corrected chi connectivity index (χ0v) is 16.5. The Morgan fingerprint density at radius 1 is 1.11 bits per heavy atom. The quantitative estimate of drug-likeness (QED) is 0.405. The van der Waals surface area contributed by atoms with E-state index in [4.69, 9.17) is 27.9 Å². The number of hydrogen-bond donors (Lipinski definition) is 0. The number of ether oxygens (including phenoxy) is 1. The number of hydrogen-bond acceptors (Lipinski definition) is 4. The molecule has 142 valence electrons. The summed E-state index contributed by atoms with van der Waals surface area (Å²) in [4.78, 5) is 9.08. The topological polar surface area (TPSA) is 52.8 Å². The summed E-state index contributed by atoms with van der Waals surface area (Å²) in [5, 5.41) is 4.46. The largest absolute Gasteiger partial charge is 0.486 e. The highest BCUT2D eigenvalue weighted by Crippen LogP contribution is 2.35. The number of rotatable bonds is 4. The van der Waals surface area contributed by atoms with E-state index < -0.39 is 11.9 Å². The van der Waals surface area contributed by atoms with Gasteiger partial charge in [-0.15, -0.1) is 0 Å². The van der Waals surface area contributed by atoms with E-state index in [1.165, 1.54) is 12.1 Å². The fraction of sp³-hybridized carbons (Fsp3) is 0.150. The van der Waals surface area contributed by atoms with Crippen LogP contribution in [-0.2, 0) is 7.05 Å². The minimum absolute atomic E-state index is 0.0422. The highest BCUT2D eigenvalue weighted by molar-refractivity contribution is 6.36. The molecule has 28 heavy (non-hydrogen) atoms. The first-order valence-corrected chi connectivity index (χ1v) is 9.24. The first-order chi connectivity index (χ1) is 13.4. The predicted octanol–water partition coefficient (Wildman–Crippen LogP) is 5.62. The maximum atomic E-state index is 13.8. The van der Waals surface area contributed by atoms with Gasteiger partial charge in [-0.3, -0.25) is 9.67 Å². The number of halogens is 3. The number of aromatic nitrogens is 4. The highest BCUT2D eigenvalue weighted by atomic mass is 35.5. The van der Waals surface area contributed by atoms with Gasteiger partial charge in [0.2, 0.25) is 0 Å². The zero-order chi connectivity index (χ0) is 19.8. The molecule has 0 fully saturated rings. The maximum Gasteiger partial charge on any atom is 0.142 e. The molecular formula is C20H15Cl2FN4O. The van der Waals surface area contributed by atoms with E-state index in [9.17, 15) is 4.39 Å². The molecule has 0 radical (unpaired) electrons. The van der Waals surface area contributed by atoms with Gasteiger partial charge in [0, 0.05) is 35.5 Å².